The number of aromatic nitrogens is 2. The monoisotopic (exact) mass is 329 g/mol. The molecule has 116 valence electrons. The van der Waals surface area contributed by atoms with Crippen molar-refractivity contribution < 1.29 is 13.6 Å². The van der Waals surface area contributed by atoms with Crippen LogP contribution in [0.5, 0.6) is 0 Å². The SMILES string of the molecule is O=C(Nc1ccc(SCc2ccccc2F)nn1)c1ccco1. The molecule has 3 aromatic rings. The summed E-state index contributed by atoms with van der Waals surface area (Å²) in [5.41, 5.74) is 0.606. The van der Waals surface area contributed by atoms with Crippen LogP contribution in [-0.4, -0.2) is 16.1 Å². The van der Waals surface area contributed by atoms with Gasteiger partial charge in [0.2, 0.25) is 0 Å². The van der Waals surface area contributed by atoms with E-state index in [1.807, 2.05) is 0 Å². The largest absolute Gasteiger partial charge is 0.459 e. The third kappa shape index (κ3) is 3.95. The van der Waals surface area contributed by atoms with E-state index in [1.165, 1.54) is 24.1 Å². The van der Waals surface area contributed by atoms with Crippen molar-refractivity contribution in [2.45, 2.75) is 10.8 Å². The lowest BCUT2D eigenvalue weighted by atomic mass is 10.2. The summed E-state index contributed by atoms with van der Waals surface area (Å²) in [4.78, 5) is 11.8. The maximum Gasteiger partial charge on any atom is 0.292 e. The highest BCUT2D eigenvalue weighted by molar-refractivity contribution is 7.98. The topological polar surface area (TPSA) is 68.0 Å². The van der Waals surface area contributed by atoms with E-state index in [0.717, 1.165) is 0 Å². The molecule has 0 aliphatic carbocycles. The molecule has 0 fully saturated rings. The Labute approximate surface area is 135 Å². The normalized spacial score (nSPS) is 10.5. The molecule has 0 spiro atoms. The molecule has 0 aliphatic rings. The minimum atomic E-state index is -0.393. The second kappa shape index (κ2) is 7.06. The van der Waals surface area contributed by atoms with Crippen molar-refractivity contribution >= 4 is 23.5 Å². The van der Waals surface area contributed by atoms with Crippen molar-refractivity contribution in [1.29, 1.82) is 0 Å². The molecular formula is C16H12FN3O2S. The summed E-state index contributed by atoms with van der Waals surface area (Å²) in [6, 6.07) is 13.1. The Morgan fingerprint density at radius 3 is 2.70 bits per heavy atom. The van der Waals surface area contributed by atoms with Crippen LogP contribution in [-0.2, 0) is 5.75 Å². The van der Waals surface area contributed by atoms with Crippen LogP contribution in [0.3, 0.4) is 0 Å². The van der Waals surface area contributed by atoms with E-state index < -0.39 is 5.91 Å². The smallest absolute Gasteiger partial charge is 0.292 e. The van der Waals surface area contributed by atoms with E-state index in [9.17, 15) is 9.18 Å². The third-order valence-corrected chi connectivity index (χ3v) is 3.93. The molecule has 1 N–H and O–H groups in total. The zero-order valence-electron chi connectivity index (χ0n) is 11.9. The molecule has 0 saturated carbocycles. The van der Waals surface area contributed by atoms with Gasteiger partial charge in [-0.1, -0.05) is 30.0 Å². The fraction of sp³-hybridized carbons (Fsp3) is 0.0625. The molecule has 2 aromatic heterocycles. The highest BCUT2D eigenvalue weighted by Gasteiger charge is 2.10. The van der Waals surface area contributed by atoms with Gasteiger partial charge in [0.15, 0.2) is 11.6 Å². The molecule has 23 heavy (non-hydrogen) atoms. The van der Waals surface area contributed by atoms with Crippen molar-refractivity contribution in [3.05, 3.63) is 71.9 Å². The number of furan rings is 1. The quantitative estimate of drug-likeness (QED) is 0.722. The van der Waals surface area contributed by atoms with Crippen molar-refractivity contribution in [3.8, 4) is 0 Å². The van der Waals surface area contributed by atoms with Crippen LogP contribution >= 0.6 is 11.8 Å². The van der Waals surface area contributed by atoms with Crippen LogP contribution in [0.1, 0.15) is 16.1 Å². The van der Waals surface area contributed by atoms with Crippen LogP contribution < -0.4 is 5.32 Å². The molecule has 2 heterocycles. The van der Waals surface area contributed by atoms with Crippen molar-refractivity contribution in [2.24, 2.45) is 0 Å². The summed E-state index contributed by atoms with van der Waals surface area (Å²) in [6.07, 6.45) is 1.42. The van der Waals surface area contributed by atoms with Crippen LogP contribution in [0, 0.1) is 5.82 Å². The lowest BCUT2D eigenvalue weighted by Gasteiger charge is -2.04. The maximum atomic E-state index is 13.5. The van der Waals surface area contributed by atoms with Crippen molar-refractivity contribution in [1.82, 2.24) is 10.2 Å². The van der Waals surface area contributed by atoms with Gasteiger partial charge in [0.1, 0.15) is 10.8 Å². The summed E-state index contributed by atoms with van der Waals surface area (Å²) in [7, 11) is 0. The Bertz CT molecular complexity index is 791. The lowest BCUT2D eigenvalue weighted by molar-refractivity contribution is 0.0996. The Morgan fingerprint density at radius 1 is 1.13 bits per heavy atom. The van der Waals surface area contributed by atoms with E-state index >= 15 is 0 Å². The Hall–Kier alpha value is -2.67. The number of benzene rings is 1. The van der Waals surface area contributed by atoms with Crippen LogP contribution in [0.4, 0.5) is 10.2 Å². The van der Waals surface area contributed by atoms with Gasteiger partial charge in [-0.15, -0.1) is 10.2 Å². The van der Waals surface area contributed by atoms with Crippen LogP contribution in [0.25, 0.3) is 0 Å². The Morgan fingerprint density at radius 2 is 2.00 bits per heavy atom. The van der Waals surface area contributed by atoms with E-state index in [-0.39, 0.29) is 11.6 Å². The molecule has 0 radical (unpaired) electrons. The average molecular weight is 329 g/mol. The first-order valence-electron chi connectivity index (χ1n) is 6.77. The third-order valence-electron chi connectivity index (χ3n) is 2.96. The predicted octanol–water partition coefficient (Wildman–Crippen LogP) is 3.75. The van der Waals surface area contributed by atoms with Crippen LogP contribution in [0.2, 0.25) is 0 Å². The van der Waals surface area contributed by atoms with E-state index in [0.29, 0.717) is 22.2 Å². The number of nitrogens with zero attached hydrogens (tertiary/aromatic N) is 2. The zero-order valence-corrected chi connectivity index (χ0v) is 12.7. The second-order valence-electron chi connectivity index (χ2n) is 4.57. The molecule has 0 unspecified atom stereocenters. The minimum Gasteiger partial charge on any atom is -0.459 e. The fourth-order valence-electron chi connectivity index (χ4n) is 1.82. The predicted molar refractivity (Wildman–Crippen MR) is 84.7 cm³/mol. The van der Waals surface area contributed by atoms with Crippen molar-refractivity contribution in [3.63, 3.8) is 0 Å². The number of carbonyl (C=O) groups is 1. The number of rotatable bonds is 5. The Kier molecular flexibility index (Phi) is 4.68. The molecule has 7 heteroatoms. The molecule has 1 aromatic carbocycles. The second-order valence-corrected chi connectivity index (χ2v) is 5.56. The summed E-state index contributed by atoms with van der Waals surface area (Å²) in [5.74, 6) is 0.345. The number of halogens is 1. The van der Waals surface area contributed by atoms with Gasteiger partial charge in [-0.2, -0.15) is 0 Å². The number of hydrogen-bond donors (Lipinski definition) is 1. The van der Waals surface area contributed by atoms with Gasteiger partial charge in [-0.25, -0.2) is 4.39 Å². The van der Waals surface area contributed by atoms with E-state index in [4.69, 9.17) is 4.42 Å². The van der Waals surface area contributed by atoms with Crippen LogP contribution in [0.15, 0.2) is 64.2 Å². The average Bonchev–Trinajstić information content (AvgIpc) is 3.10. The number of carbonyl (C=O) groups excluding carboxylic acids is 1. The molecule has 0 saturated heterocycles. The number of hydrogen-bond acceptors (Lipinski definition) is 5. The van der Waals surface area contributed by atoms with Gasteiger partial charge in [0.25, 0.3) is 5.91 Å². The molecule has 0 aliphatic heterocycles. The van der Waals surface area contributed by atoms with Gasteiger partial charge in [0, 0.05) is 5.75 Å². The molecular weight excluding hydrogens is 317 g/mol. The standard InChI is InChI=1S/C16H12FN3O2S/c17-12-5-2-1-4-11(12)10-23-15-8-7-14(19-20-15)18-16(21)13-6-3-9-22-13/h1-9H,10H2,(H,18,19,21). The zero-order chi connectivity index (χ0) is 16.1. The van der Waals surface area contributed by atoms with Crippen molar-refractivity contribution in [2.75, 3.05) is 5.32 Å². The molecule has 5 nitrogen and oxygen atoms in total. The van der Waals surface area contributed by atoms with Gasteiger partial charge < -0.3 is 9.73 Å². The van der Waals surface area contributed by atoms with E-state index in [2.05, 4.69) is 15.5 Å². The number of amides is 1. The number of nitrogens with one attached hydrogen (secondary N) is 1. The highest BCUT2D eigenvalue weighted by atomic mass is 32.2. The van der Waals surface area contributed by atoms with Gasteiger partial charge in [-0.3, -0.25) is 4.79 Å². The summed E-state index contributed by atoms with van der Waals surface area (Å²) >= 11 is 1.37. The lowest BCUT2D eigenvalue weighted by Crippen LogP contribution is -2.12. The summed E-state index contributed by atoms with van der Waals surface area (Å²) in [6.45, 7) is 0. The number of anilines is 1. The maximum absolute atomic E-state index is 13.5. The van der Waals surface area contributed by atoms with Gasteiger partial charge in [0.05, 0.1) is 6.26 Å². The first kappa shape index (κ1) is 15.2. The minimum absolute atomic E-state index is 0.199. The molecule has 3 rings (SSSR count). The highest BCUT2D eigenvalue weighted by Crippen LogP contribution is 2.22. The molecule has 0 atom stereocenters. The summed E-state index contributed by atoms with van der Waals surface area (Å²) < 4.78 is 18.5. The van der Waals surface area contributed by atoms with Gasteiger partial charge >= 0.3 is 0 Å². The Balaban J connectivity index is 1.59. The molecule has 1 amide bonds. The first-order chi connectivity index (χ1) is 11.2. The number of thioether (sulfide) groups is 1. The fourth-order valence-corrected chi connectivity index (χ4v) is 2.62. The summed E-state index contributed by atoms with van der Waals surface area (Å²) in [5, 5.41) is 11.1. The molecule has 0 bridgehead atoms. The van der Waals surface area contributed by atoms with E-state index in [1.54, 1.807) is 42.5 Å². The van der Waals surface area contributed by atoms with Gasteiger partial charge in [-0.05, 0) is 35.9 Å². The first-order valence-corrected chi connectivity index (χ1v) is 7.76.